The topological polar surface area (TPSA) is 32.3 Å². The summed E-state index contributed by atoms with van der Waals surface area (Å²) in [7, 11) is 0. The first kappa shape index (κ1) is 12.2. The molecule has 2 nitrogen and oxygen atoms in total. The normalized spacial score (nSPS) is 15.3. The molecule has 1 aromatic rings. The first-order valence-electron chi connectivity index (χ1n) is 5.51. The fraction of sp³-hybridized carbons (Fsp3) is 0.538. The van der Waals surface area contributed by atoms with Gasteiger partial charge in [-0.05, 0) is 19.4 Å². The number of benzene rings is 1. The summed E-state index contributed by atoms with van der Waals surface area (Å²) in [6.45, 7) is 8.22. The van der Waals surface area contributed by atoms with Crippen molar-refractivity contribution in [1.29, 1.82) is 0 Å². The molecular weight excluding hydrogens is 186 g/mol. The lowest BCUT2D eigenvalue weighted by molar-refractivity contribution is 0.132. The van der Waals surface area contributed by atoms with Gasteiger partial charge < -0.3 is 10.4 Å². The second-order valence-electron chi connectivity index (χ2n) is 4.47. The minimum atomic E-state index is -0.437. The lowest BCUT2D eigenvalue weighted by atomic mass is 10.0. The fourth-order valence-electron chi connectivity index (χ4n) is 1.67. The average molecular weight is 207 g/mol. The predicted octanol–water partition coefficient (Wildman–Crippen LogP) is 2.41. The Morgan fingerprint density at radius 3 is 2.07 bits per heavy atom. The number of aliphatic hydroxyl groups is 1. The number of nitrogens with one attached hydrogen (secondary N) is 1. The van der Waals surface area contributed by atoms with E-state index in [0.29, 0.717) is 6.04 Å². The van der Waals surface area contributed by atoms with Crippen LogP contribution in [0.25, 0.3) is 0 Å². The van der Waals surface area contributed by atoms with Gasteiger partial charge in [0.05, 0.1) is 6.10 Å². The third kappa shape index (κ3) is 3.65. The maximum atomic E-state index is 10.1. The molecule has 2 N–H and O–H groups in total. The Kier molecular flexibility index (Phi) is 4.30. The van der Waals surface area contributed by atoms with Crippen LogP contribution in [0.15, 0.2) is 24.3 Å². The maximum Gasteiger partial charge on any atom is 0.0940 e. The van der Waals surface area contributed by atoms with Gasteiger partial charge in [0.15, 0.2) is 0 Å². The first-order chi connectivity index (χ1) is 7.00. The van der Waals surface area contributed by atoms with Gasteiger partial charge in [0.2, 0.25) is 0 Å². The summed E-state index contributed by atoms with van der Waals surface area (Å²) in [5.41, 5.74) is 2.19. The molecule has 15 heavy (non-hydrogen) atoms. The summed E-state index contributed by atoms with van der Waals surface area (Å²) in [6.07, 6.45) is -0.437. The molecule has 84 valence electrons. The van der Waals surface area contributed by atoms with E-state index in [1.165, 1.54) is 5.56 Å². The molecule has 0 radical (unpaired) electrons. The van der Waals surface area contributed by atoms with Crippen LogP contribution in [0.1, 0.15) is 38.0 Å². The fourth-order valence-corrected chi connectivity index (χ4v) is 1.67. The molecule has 0 saturated heterocycles. The number of hydrogen-bond acceptors (Lipinski definition) is 2. The minimum Gasteiger partial charge on any atom is -0.387 e. The molecule has 0 amide bonds. The number of aliphatic hydroxyl groups excluding tert-OH is 1. The van der Waals surface area contributed by atoms with Gasteiger partial charge in [-0.1, -0.05) is 43.7 Å². The van der Waals surface area contributed by atoms with Crippen LogP contribution >= 0.6 is 0 Å². The van der Waals surface area contributed by atoms with Crippen molar-refractivity contribution in [3.8, 4) is 0 Å². The minimum absolute atomic E-state index is 0.0766. The molecule has 1 aromatic carbocycles. The van der Waals surface area contributed by atoms with Crippen LogP contribution < -0.4 is 5.32 Å². The number of aryl methyl sites for hydroxylation is 1. The van der Waals surface area contributed by atoms with Crippen LogP contribution in [0.3, 0.4) is 0 Å². The van der Waals surface area contributed by atoms with Crippen LogP contribution in [0.2, 0.25) is 0 Å². The zero-order valence-corrected chi connectivity index (χ0v) is 9.99. The van der Waals surface area contributed by atoms with E-state index in [2.05, 4.69) is 19.2 Å². The van der Waals surface area contributed by atoms with E-state index in [0.717, 1.165) is 5.56 Å². The van der Waals surface area contributed by atoms with Crippen molar-refractivity contribution in [2.75, 3.05) is 0 Å². The standard InChI is InChI=1S/C13H21NO/c1-9(2)14-11(4)13(15)12-7-5-10(3)6-8-12/h5-9,11,13-15H,1-4H3/t11-,13-/m0/s1. The molecular formula is C13H21NO. The highest BCUT2D eigenvalue weighted by atomic mass is 16.3. The molecule has 0 spiro atoms. The third-order valence-corrected chi connectivity index (χ3v) is 2.49. The second-order valence-corrected chi connectivity index (χ2v) is 4.47. The van der Waals surface area contributed by atoms with Crippen molar-refractivity contribution in [2.45, 2.75) is 45.9 Å². The van der Waals surface area contributed by atoms with Crippen molar-refractivity contribution in [1.82, 2.24) is 5.32 Å². The monoisotopic (exact) mass is 207 g/mol. The molecule has 0 aromatic heterocycles. The molecule has 2 atom stereocenters. The van der Waals surface area contributed by atoms with Crippen molar-refractivity contribution in [3.05, 3.63) is 35.4 Å². The highest BCUT2D eigenvalue weighted by Gasteiger charge is 2.16. The van der Waals surface area contributed by atoms with E-state index in [9.17, 15) is 5.11 Å². The van der Waals surface area contributed by atoms with Gasteiger partial charge in [-0.25, -0.2) is 0 Å². The molecule has 0 aliphatic rings. The van der Waals surface area contributed by atoms with E-state index in [1.807, 2.05) is 38.1 Å². The Labute approximate surface area is 92.3 Å². The molecule has 0 heterocycles. The molecule has 0 aliphatic carbocycles. The third-order valence-electron chi connectivity index (χ3n) is 2.49. The molecule has 0 saturated carbocycles. The van der Waals surface area contributed by atoms with E-state index in [4.69, 9.17) is 0 Å². The Morgan fingerprint density at radius 1 is 1.07 bits per heavy atom. The smallest absolute Gasteiger partial charge is 0.0940 e. The quantitative estimate of drug-likeness (QED) is 0.794. The predicted molar refractivity (Wildman–Crippen MR) is 63.9 cm³/mol. The van der Waals surface area contributed by atoms with Crippen molar-refractivity contribution < 1.29 is 5.11 Å². The molecule has 0 fully saturated rings. The average Bonchev–Trinajstić information content (AvgIpc) is 2.17. The van der Waals surface area contributed by atoms with Gasteiger partial charge in [-0.2, -0.15) is 0 Å². The van der Waals surface area contributed by atoms with Crippen molar-refractivity contribution >= 4 is 0 Å². The Bertz CT molecular complexity index is 292. The Hall–Kier alpha value is -0.860. The van der Waals surface area contributed by atoms with Crippen LogP contribution in [-0.4, -0.2) is 17.2 Å². The largest absolute Gasteiger partial charge is 0.387 e. The zero-order valence-electron chi connectivity index (χ0n) is 9.99. The van der Waals surface area contributed by atoms with Crippen LogP contribution in [0.4, 0.5) is 0 Å². The van der Waals surface area contributed by atoms with E-state index in [1.54, 1.807) is 0 Å². The van der Waals surface area contributed by atoms with E-state index < -0.39 is 6.10 Å². The van der Waals surface area contributed by atoms with Gasteiger partial charge in [-0.3, -0.25) is 0 Å². The Balaban J connectivity index is 2.67. The highest BCUT2D eigenvalue weighted by Crippen LogP contribution is 2.17. The second kappa shape index (κ2) is 5.29. The molecule has 0 aliphatic heterocycles. The zero-order chi connectivity index (χ0) is 11.4. The summed E-state index contributed by atoms with van der Waals surface area (Å²) in [4.78, 5) is 0. The highest BCUT2D eigenvalue weighted by molar-refractivity contribution is 5.23. The molecule has 0 bridgehead atoms. The van der Waals surface area contributed by atoms with Gasteiger partial charge in [-0.15, -0.1) is 0 Å². The summed E-state index contributed by atoms with van der Waals surface area (Å²) >= 11 is 0. The lowest BCUT2D eigenvalue weighted by Crippen LogP contribution is -2.36. The first-order valence-corrected chi connectivity index (χ1v) is 5.51. The van der Waals surface area contributed by atoms with Crippen LogP contribution in [0, 0.1) is 6.92 Å². The summed E-state index contributed by atoms with van der Waals surface area (Å²) in [5.74, 6) is 0. The maximum absolute atomic E-state index is 10.1. The van der Waals surface area contributed by atoms with Crippen LogP contribution in [-0.2, 0) is 0 Å². The number of rotatable bonds is 4. The van der Waals surface area contributed by atoms with Crippen LogP contribution in [0.5, 0.6) is 0 Å². The lowest BCUT2D eigenvalue weighted by Gasteiger charge is -2.22. The van der Waals surface area contributed by atoms with Gasteiger partial charge in [0, 0.05) is 12.1 Å². The number of hydrogen-bond donors (Lipinski definition) is 2. The van der Waals surface area contributed by atoms with Gasteiger partial charge >= 0.3 is 0 Å². The van der Waals surface area contributed by atoms with E-state index in [-0.39, 0.29) is 6.04 Å². The molecule has 0 unspecified atom stereocenters. The molecule has 2 heteroatoms. The summed E-state index contributed by atoms with van der Waals surface area (Å²) in [5, 5.41) is 13.4. The Morgan fingerprint density at radius 2 is 1.60 bits per heavy atom. The van der Waals surface area contributed by atoms with Gasteiger partial charge in [0.1, 0.15) is 0 Å². The van der Waals surface area contributed by atoms with Crippen molar-refractivity contribution in [2.24, 2.45) is 0 Å². The summed E-state index contributed by atoms with van der Waals surface area (Å²) in [6, 6.07) is 8.49. The van der Waals surface area contributed by atoms with Crippen molar-refractivity contribution in [3.63, 3.8) is 0 Å². The molecule has 1 rings (SSSR count). The van der Waals surface area contributed by atoms with Gasteiger partial charge in [0.25, 0.3) is 0 Å². The SMILES string of the molecule is Cc1ccc([C@@H](O)[C@H](C)NC(C)C)cc1. The summed E-state index contributed by atoms with van der Waals surface area (Å²) < 4.78 is 0. The van der Waals surface area contributed by atoms with E-state index >= 15 is 0 Å².